The van der Waals surface area contributed by atoms with Crippen LogP contribution in [0.5, 0.6) is 0 Å². The topological polar surface area (TPSA) is 90.9 Å². The third-order valence-corrected chi connectivity index (χ3v) is 4.96. The van der Waals surface area contributed by atoms with E-state index in [9.17, 15) is 14.9 Å². The lowest BCUT2D eigenvalue weighted by molar-refractivity contribution is -0.384. The maximum absolute atomic E-state index is 13.3. The summed E-state index contributed by atoms with van der Waals surface area (Å²) in [5.41, 5.74) is 1.66. The Hall–Kier alpha value is -3.40. The summed E-state index contributed by atoms with van der Waals surface area (Å²) < 4.78 is 2.37. The van der Waals surface area contributed by atoms with Gasteiger partial charge in [-0.1, -0.05) is 6.07 Å². The number of nitro groups is 1. The molecule has 7 nitrogen and oxygen atoms in total. The molecule has 2 aromatic heterocycles. The summed E-state index contributed by atoms with van der Waals surface area (Å²) in [6.45, 7) is 0. The van der Waals surface area contributed by atoms with Gasteiger partial charge >= 0.3 is 0 Å². The first-order valence-corrected chi connectivity index (χ1v) is 9.66. The van der Waals surface area contributed by atoms with Crippen LogP contribution in [0.2, 0.25) is 0 Å². The molecular weight excluding hydrogens is 483 g/mol. The second-order valence-electron chi connectivity index (χ2n) is 6.17. The number of aromatic nitrogens is 3. The van der Waals surface area contributed by atoms with E-state index in [-0.39, 0.29) is 11.2 Å². The number of pyridine rings is 1. The van der Waals surface area contributed by atoms with Gasteiger partial charge in [0, 0.05) is 28.1 Å². The number of hydrogen-bond donors (Lipinski definition) is 0. The summed E-state index contributed by atoms with van der Waals surface area (Å²) in [7, 11) is 0. The number of non-ortho nitro benzene ring substituents is 1. The first kappa shape index (κ1) is 18.9. The summed E-state index contributed by atoms with van der Waals surface area (Å²) >= 11 is 2.14. The van der Waals surface area contributed by atoms with Crippen LogP contribution in [-0.2, 0) is 0 Å². The lowest BCUT2D eigenvalue weighted by atomic mass is 10.2. The Morgan fingerprint density at radius 3 is 2.55 bits per heavy atom. The van der Waals surface area contributed by atoms with Gasteiger partial charge in [-0.05, 0) is 76.7 Å². The number of nitrogens with zero attached hydrogens (tertiary/aromatic N) is 4. The van der Waals surface area contributed by atoms with Crippen LogP contribution in [0.25, 0.3) is 28.7 Å². The normalized spacial score (nSPS) is 11.2. The molecule has 0 aliphatic carbocycles. The maximum Gasteiger partial charge on any atom is 0.269 e. The Morgan fingerprint density at radius 1 is 1.07 bits per heavy atom. The Balaban J connectivity index is 1.94. The summed E-state index contributed by atoms with van der Waals surface area (Å²) in [5.74, 6) is 0.418. The molecule has 0 amide bonds. The Bertz CT molecular complexity index is 1300. The zero-order valence-electron chi connectivity index (χ0n) is 14.9. The highest BCUT2D eigenvalue weighted by Crippen LogP contribution is 2.19. The van der Waals surface area contributed by atoms with E-state index in [4.69, 9.17) is 0 Å². The van der Waals surface area contributed by atoms with Crippen molar-refractivity contribution in [1.82, 2.24) is 14.5 Å². The fourth-order valence-corrected chi connectivity index (χ4v) is 3.40. The molecular formula is C21H13IN4O3. The lowest BCUT2D eigenvalue weighted by Gasteiger charge is -2.11. The highest BCUT2D eigenvalue weighted by molar-refractivity contribution is 14.1. The molecule has 0 unspecified atom stereocenters. The number of halogens is 1. The van der Waals surface area contributed by atoms with Gasteiger partial charge in [0.2, 0.25) is 0 Å². The first-order chi connectivity index (χ1) is 14.0. The number of nitro benzene ring substituents is 1. The molecule has 2 aromatic carbocycles. The van der Waals surface area contributed by atoms with Crippen molar-refractivity contribution in [3.63, 3.8) is 0 Å². The van der Waals surface area contributed by atoms with Gasteiger partial charge < -0.3 is 0 Å². The van der Waals surface area contributed by atoms with Gasteiger partial charge in [-0.25, -0.2) is 4.98 Å². The van der Waals surface area contributed by atoms with Gasteiger partial charge in [0.25, 0.3) is 11.2 Å². The van der Waals surface area contributed by atoms with E-state index in [2.05, 4.69) is 32.6 Å². The quantitative estimate of drug-likeness (QED) is 0.236. The molecule has 0 spiro atoms. The number of hydrogen-bond acceptors (Lipinski definition) is 5. The van der Waals surface area contributed by atoms with Crippen molar-refractivity contribution in [2.45, 2.75) is 0 Å². The summed E-state index contributed by atoms with van der Waals surface area (Å²) in [4.78, 5) is 32.5. The smallest absolute Gasteiger partial charge is 0.268 e. The van der Waals surface area contributed by atoms with Crippen molar-refractivity contribution < 1.29 is 4.92 Å². The minimum absolute atomic E-state index is 0.0439. The summed E-state index contributed by atoms with van der Waals surface area (Å²) in [6, 6.07) is 15.0. The Labute approximate surface area is 178 Å². The predicted octanol–water partition coefficient (Wildman–Crippen LogP) is 4.46. The molecule has 2 heterocycles. The highest BCUT2D eigenvalue weighted by Gasteiger charge is 2.13. The lowest BCUT2D eigenvalue weighted by Crippen LogP contribution is -2.22. The number of fused-ring (bicyclic) bond motifs is 1. The van der Waals surface area contributed by atoms with Gasteiger partial charge in [0.05, 0.1) is 21.5 Å². The van der Waals surface area contributed by atoms with Crippen molar-refractivity contribution >= 4 is 51.3 Å². The molecule has 0 aliphatic heterocycles. The minimum atomic E-state index is -0.475. The van der Waals surface area contributed by atoms with E-state index in [0.29, 0.717) is 22.4 Å². The molecule has 0 saturated heterocycles. The Morgan fingerprint density at radius 2 is 1.86 bits per heavy atom. The minimum Gasteiger partial charge on any atom is -0.268 e. The largest absolute Gasteiger partial charge is 0.269 e. The van der Waals surface area contributed by atoms with Crippen molar-refractivity contribution in [3.8, 4) is 5.69 Å². The average molecular weight is 496 g/mol. The molecule has 4 rings (SSSR count). The van der Waals surface area contributed by atoms with Crippen LogP contribution in [0.1, 0.15) is 11.4 Å². The highest BCUT2D eigenvalue weighted by atomic mass is 127. The number of benzene rings is 2. The van der Waals surface area contributed by atoms with E-state index in [0.717, 1.165) is 9.13 Å². The molecule has 0 saturated carbocycles. The molecule has 4 aromatic rings. The van der Waals surface area contributed by atoms with E-state index in [1.54, 1.807) is 42.7 Å². The van der Waals surface area contributed by atoms with E-state index >= 15 is 0 Å². The zero-order valence-corrected chi connectivity index (χ0v) is 17.1. The molecule has 0 fully saturated rings. The molecule has 0 bridgehead atoms. The van der Waals surface area contributed by atoms with Crippen molar-refractivity contribution in [1.29, 1.82) is 0 Å². The van der Waals surface area contributed by atoms with Crippen LogP contribution in [0.15, 0.2) is 71.8 Å². The summed E-state index contributed by atoms with van der Waals surface area (Å²) in [5, 5.41) is 11.4. The summed E-state index contributed by atoms with van der Waals surface area (Å²) in [6.07, 6.45) is 6.93. The van der Waals surface area contributed by atoms with E-state index in [1.165, 1.54) is 16.7 Å². The van der Waals surface area contributed by atoms with Crippen LogP contribution in [0.3, 0.4) is 0 Å². The molecule has 8 heteroatoms. The molecule has 29 heavy (non-hydrogen) atoms. The van der Waals surface area contributed by atoms with E-state index in [1.807, 2.05) is 24.3 Å². The third kappa shape index (κ3) is 3.92. The van der Waals surface area contributed by atoms with Crippen molar-refractivity contribution in [3.05, 3.63) is 102 Å². The van der Waals surface area contributed by atoms with Gasteiger partial charge in [-0.2, -0.15) is 0 Å². The third-order valence-electron chi connectivity index (χ3n) is 4.28. The second-order valence-corrected chi connectivity index (χ2v) is 7.41. The molecule has 0 radical (unpaired) electrons. The van der Waals surface area contributed by atoms with Crippen LogP contribution in [0, 0.1) is 13.7 Å². The second kappa shape index (κ2) is 7.92. The first-order valence-electron chi connectivity index (χ1n) is 8.58. The van der Waals surface area contributed by atoms with Crippen LogP contribution < -0.4 is 5.56 Å². The van der Waals surface area contributed by atoms with Crippen molar-refractivity contribution in [2.24, 2.45) is 0 Å². The fourth-order valence-electron chi connectivity index (χ4n) is 2.91. The van der Waals surface area contributed by atoms with Gasteiger partial charge in [0.15, 0.2) is 0 Å². The fraction of sp³-hybridized carbons (Fsp3) is 0. The van der Waals surface area contributed by atoms with Gasteiger partial charge in [0.1, 0.15) is 5.82 Å². The van der Waals surface area contributed by atoms with Crippen LogP contribution in [-0.4, -0.2) is 19.5 Å². The SMILES string of the molecule is O=c1c2cc(I)ccc2nc(C=Cc2cccnc2)n1-c1ccc([N+](=O)[O-])cc1. The maximum atomic E-state index is 13.3. The zero-order chi connectivity index (χ0) is 20.4. The van der Waals surface area contributed by atoms with Gasteiger partial charge in [-0.3, -0.25) is 24.5 Å². The monoisotopic (exact) mass is 496 g/mol. The molecule has 0 N–H and O–H groups in total. The van der Waals surface area contributed by atoms with Crippen molar-refractivity contribution in [2.75, 3.05) is 0 Å². The van der Waals surface area contributed by atoms with Crippen LogP contribution in [0.4, 0.5) is 5.69 Å². The molecule has 0 atom stereocenters. The average Bonchev–Trinajstić information content (AvgIpc) is 2.74. The molecule has 142 valence electrons. The van der Waals surface area contributed by atoms with E-state index < -0.39 is 4.92 Å². The predicted molar refractivity (Wildman–Crippen MR) is 120 cm³/mol. The molecule has 0 aliphatic rings. The standard InChI is InChI=1S/C21H13IN4O3/c22-15-4-9-19-18(12-15)21(27)25(16-5-7-17(8-6-16)26(28)29)20(24-19)10-3-14-2-1-11-23-13-14/h1-13H. The Kier molecular flexibility index (Phi) is 5.17. The number of rotatable bonds is 4. The van der Waals surface area contributed by atoms with Crippen LogP contribution >= 0.6 is 22.6 Å². The van der Waals surface area contributed by atoms with Gasteiger partial charge in [-0.15, -0.1) is 0 Å².